The quantitative estimate of drug-likeness (QED) is 0.245. The molecule has 106 valence electrons. The number of guanidine groups is 1. The van der Waals surface area contributed by atoms with Crippen molar-refractivity contribution in [2.45, 2.75) is 31.8 Å². The third kappa shape index (κ3) is 4.44. The van der Waals surface area contributed by atoms with Crippen LogP contribution < -0.4 is 11.3 Å². The Labute approximate surface area is 109 Å². The minimum atomic E-state index is -0.109. The van der Waals surface area contributed by atoms with E-state index >= 15 is 0 Å². The molecule has 1 saturated heterocycles. The number of rotatable bonds is 5. The van der Waals surface area contributed by atoms with Crippen molar-refractivity contribution in [3.05, 3.63) is 0 Å². The second kappa shape index (κ2) is 7.56. The van der Waals surface area contributed by atoms with Gasteiger partial charge in [0.1, 0.15) is 0 Å². The van der Waals surface area contributed by atoms with Crippen LogP contribution >= 0.6 is 0 Å². The number of hydrogen-bond donors (Lipinski definition) is 2. The first-order chi connectivity index (χ1) is 8.65. The fraction of sp³-hybridized carbons (Fsp3) is 0.917. The SMILES string of the molecule is COCCCN=C(NN)N1CCCC(C)(OC)C1. The number of hydrazine groups is 1. The number of methoxy groups -OCH3 is 2. The predicted octanol–water partition coefficient (Wildman–Crippen LogP) is 0.343. The van der Waals surface area contributed by atoms with E-state index in [1.165, 1.54) is 0 Å². The van der Waals surface area contributed by atoms with Crippen molar-refractivity contribution in [3.8, 4) is 0 Å². The number of ether oxygens (including phenoxy) is 2. The highest BCUT2D eigenvalue weighted by molar-refractivity contribution is 5.79. The van der Waals surface area contributed by atoms with Gasteiger partial charge in [0.05, 0.1) is 5.60 Å². The Morgan fingerprint density at radius 2 is 2.28 bits per heavy atom. The normalized spacial score (nSPS) is 25.3. The molecule has 1 atom stereocenters. The lowest BCUT2D eigenvalue weighted by atomic mass is 9.95. The Balaban J connectivity index is 2.53. The summed E-state index contributed by atoms with van der Waals surface area (Å²) in [4.78, 5) is 6.63. The van der Waals surface area contributed by atoms with Crippen molar-refractivity contribution >= 4 is 5.96 Å². The van der Waals surface area contributed by atoms with Gasteiger partial charge in [-0.15, -0.1) is 0 Å². The van der Waals surface area contributed by atoms with Gasteiger partial charge >= 0.3 is 0 Å². The molecular weight excluding hydrogens is 232 g/mol. The number of hydrogen-bond acceptors (Lipinski definition) is 4. The summed E-state index contributed by atoms with van der Waals surface area (Å²) in [5.74, 6) is 6.30. The van der Waals surface area contributed by atoms with Gasteiger partial charge in [-0.25, -0.2) is 5.84 Å². The number of nitrogens with zero attached hydrogens (tertiary/aromatic N) is 2. The highest BCUT2D eigenvalue weighted by Gasteiger charge is 2.31. The molecule has 0 aromatic rings. The van der Waals surface area contributed by atoms with Gasteiger partial charge in [0, 0.05) is 40.5 Å². The van der Waals surface area contributed by atoms with Crippen LogP contribution in [0.1, 0.15) is 26.2 Å². The highest BCUT2D eigenvalue weighted by atomic mass is 16.5. The van der Waals surface area contributed by atoms with E-state index in [-0.39, 0.29) is 5.60 Å². The summed E-state index contributed by atoms with van der Waals surface area (Å²) >= 11 is 0. The third-order valence-corrected chi connectivity index (χ3v) is 3.35. The molecular formula is C12H26N4O2. The molecule has 0 radical (unpaired) electrons. The average Bonchev–Trinajstić information content (AvgIpc) is 2.39. The van der Waals surface area contributed by atoms with Gasteiger partial charge in [-0.05, 0) is 26.2 Å². The number of nitrogens with one attached hydrogen (secondary N) is 1. The smallest absolute Gasteiger partial charge is 0.208 e. The summed E-state index contributed by atoms with van der Waals surface area (Å²) < 4.78 is 10.6. The van der Waals surface area contributed by atoms with E-state index in [1.54, 1.807) is 14.2 Å². The van der Waals surface area contributed by atoms with Crippen molar-refractivity contribution in [1.29, 1.82) is 0 Å². The summed E-state index contributed by atoms with van der Waals surface area (Å²) in [7, 11) is 3.45. The number of aliphatic imine (C=N–C) groups is 1. The van der Waals surface area contributed by atoms with Crippen LogP contribution in [0.25, 0.3) is 0 Å². The van der Waals surface area contributed by atoms with E-state index in [2.05, 4.69) is 22.2 Å². The maximum Gasteiger partial charge on any atom is 0.208 e. The van der Waals surface area contributed by atoms with Gasteiger partial charge in [-0.3, -0.25) is 10.4 Å². The Bertz CT molecular complexity index is 273. The molecule has 0 saturated carbocycles. The minimum Gasteiger partial charge on any atom is -0.385 e. The zero-order valence-corrected chi connectivity index (χ0v) is 11.7. The zero-order chi connectivity index (χ0) is 13.4. The van der Waals surface area contributed by atoms with Gasteiger partial charge in [0.2, 0.25) is 5.96 Å². The molecule has 0 spiro atoms. The Kier molecular flexibility index (Phi) is 6.38. The maximum atomic E-state index is 5.56. The summed E-state index contributed by atoms with van der Waals surface area (Å²) in [6.07, 6.45) is 3.06. The van der Waals surface area contributed by atoms with E-state index in [0.29, 0.717) is 6.54 Å². The lowest BCUT2D eigenvalue weighted by Gasteiger charge is -2.40. The Hall–Kier alpha value is -0.850. The first kappa shape index (κ1) is 15.2. The number of likely N-dealkylation sites (tertiary alicyclic amines) is 1. The molecule has 1 aliphatic heterocycles. The van der Waals surface area contributed by atoms with E-state index in [4.69, 9.17) is 15.3 Å². The van der Waals surface area contributed by atoms with E-state index < -0.39 is 0 Å². The molecule has 6 nitrogen and oxygen atoms in total. The van der Waals surface area contributed by atoms with Crippen molar-refractivity contribution < 1.29 is 9.47 Å². The van der Waals surface area contributed by atoms with E-state index in [1.807, 2.05) is 0 Å². The molecule has 0 aliphatic carbocycles. The standard InChI is InChI=1S/C12H26N4O2/c1-12(18-3)6-4-8-16(10-12)11(15-13)14-7-5-9-17-2/h4-10,13H2,1-3H3,(H,14,15). The molecule has 0 amide bonds. The highest BCUT2D eigenvalue weighted by Crippen LogP contribution is 2.23. The molecule has 0 aromatic heterocycles. The van der Waals surface area contributed by atoms with E-state index in [9.17, 15) is 0 Å². The average molecular weight is 258 g/mol. The van der Waals surface area contributed by atoms with Crippen molar-refractivity contribution in [1.82, 2.24) is 10.3 Å². The van der Waals surface area contributed by atoms with Gasteiger partial charge in [0.15, 0.2) is 0 Å². The lowest BCUT2D eigenvalue weighted by molar-refractivity contribution is -0.0356. The van der Waals surface area contributed by atoms with Crippen LogP contribution in [-0.4, -0.2) is 56.9 Å². The van der Waals surface area contributed by atoms with Crippen LogP contribution in [0.5, 0.6) is 0 Å². The lowest BCUT2D eigenvalue weighted by Crippen LogP contribution is -2.54. The molecule has 0 bridgehead atoms. The van der Waals surface area contributed by atoms with Gasteiger partial charge in [-0.1, -0.05) is 0 Å². The van der Waals surface area contributed by atoms with Gasteiger partial charge in [0.25, 0.3) is 0 Å². The van der Waals surface area contributed by atoms with Gasteiger partial charge in [-0.2, -0.15) is 0 Å². The first-order valence-corrected chi connectivity index (χ1v) is 6.45. The molecule has 0 aromatic carbocycles. The van der Waals surface area contributed by atoms with Crippen LogP contribution in [-0.2, 0) is 9.47 Å². The minimum absolute atomic E-state index is 0.109. The van der Waals surface area contributed by atoms with Crippen LogP contribution in [0.15, 0.2) is 4.99 Å². The Morgan fingerprint density at radius 3 is 2.89 bits per heavy atom. The molecule has 1 heterocycles. The first-order valence-electron chi connectivity index (χ1n) is 6.45. The number of nitrogens with two attached hydrogens (primary N) is 1. The largest absolute Gasteiger partial charge is 0.385 e. The van der Waals surface area contributed by atoms with Crippen molar-refractivity contribution in [3.63, 3.8) is 0 Å². The molecule has 1 fully saturated rings. The van der Waals surface area contributed by atoms with Crippen molar-refractivity contribution in [2.75, 3.05) is 40.5 Å². The summed E-state index contributed by atoms with van der Waals surface area (Å²) in [5, 5.41) is 0. The molecule has 1 unspecified atom stereocenters. The fourth-order valence-electron chi connectivity index (χ4n) is 2.18. The predicted molar refractivity (Wildman–Crippen MR) is 72.3 cm³/mol. The molecule has 1 rings (SSSR count). The molecule has 3 N–H and O–H groups in total. The van der Waals surface area contributed by atoms with Crippen molar-refractivity contribution in [2.24, 2.45) is 10.8 Å². The summed E-state index contributed by atoms with van der Waals surface area (Å²) in [6, 6.07) is 0. The summed E-state index contributed by atoms with van der Waals surface area (Å²) in [5.41, 5.74) is 2.58. The molecule has 6 heteroatoms. The zero-order valence-electron chi connectivity index (χ0n) is 11.7. The van der Waals surface area contributed by atoms with Crippen LogP contribution in [0, 0.1) is 0 Å². The van der Waals surface area contributed by atoms with E-state index in [0.717, 1.165) is 44.9 Å². The molecule has 1 aliphatic rings. The van der Waals surface area contributed by atoms with Crippen LogP contribution in [0.3, 0.4) is 0 Å². The monoisotopic (exact) mass is 258 g/mol. The topological polar surface area (TPSA) is 72.1 Å². The maximum absolute atomic E-state index is 5.56. The second-order valence-electron chi connectivity index (χ2n) is 4.88. The second-order valence-corrected chi connectivity index (χ2v) is 4.88. The molecule has 18 heavy (non-hydrogen) atoms. The number of piperidine rings is 1. The third-order valence-electron chi connectivity index (χ3n) is 3.35. The Morgan fingerprint density at radius 1 is 1.50 bits per heavy atom. The van der Waals surface area contributed by atoms with Gasteiger partial charge < -0.3 is 14.4 Å². The summed E-state index contributed by atoms with van der Waals surface area (Å²) in [6.45, 7) is 5.34. The fourth-order valence-corrected chi connectivity index (χ4v) is 2.18. The van der Waals surface area contributed by atoms with Crippen LogP contribution in [0.4, 0.5) is 0 Å². The van der Waals surface area contributed by atoms with Crippen LogP contribution in [0.2, 0.25) is 0 Å².